The Morgan fingerprint density at radius 3 is 2.67 bits per heavy atom. The van der Waals surface area contributed by atoms with Crippen molar-refractivity contribution in [1.29, 1.82) is 0 Å². The van der Waals surface area contributed by atoms with E-state index in [2.05, 4.69) is 4.90 Å². The number of carbonyl (C=O) groups is 1. The van der Waals surface area contributed by atoms with Gasteiger partial charge in [0.15, 0.2) is 0 Å². The Hall–Kier alpha value is -0.870. The lowest BCUT2D eigenvalue weighted by Gasteiger charge is -2.55. The lowest BCUT2D eigenvalue weighted by molar-refractivity contribution is -0.116. The summed E-state index contributed by atoms with van der Waals surface area (Å²) in [5.74, 6) is 1.90. The fraction of sp³-hybridized carbons (Fsp3) is 0.643. The fourth-order valence-corrected chi connectivity index (χ4v) is 4.75. The molecule has 2 atom stereocenters. The zero-order valence-corrected chi connectivity index (χ0v) is 11.1. The molecule has 2 unspecified atom stereocenters. The molecule has 4 aliphatic rings. The molecule has 1 saturated carbocycles. The molecule has 3 saturated heterocycles. The van der Waals surface area contributed by atoms with Gasteiger partial charge in [0.25, 0.3) is 0 Å². The highest BCUT2D eigenvalue weighted by atomic mass is 32.1. The molecule has 1 aromatic heterocycles. The van der Waals surface area contributed by atoms with Crippen molar-refractivity contribution in [3.63, 3.8) is 0 Å². The summed E-state index contributed by atoms with van der Waals surface area (Å²) in [6.07, 6.45) is 2.69. The SMILES string of the molecule is O=C(OC1C2CC3CC1CN(C3)C2)c1ccsc1. The lowest BCUT2D eigenvalue weighted by Crippen LogP contribution is -2.60. The molecule has 0 radical (unpaired) electrons. The zero-order valence-electron chi connectivity index (χ0n) is 10.2. The first-order valence-corrected chi connectivity index (χ1v) is 7.69. The third-order valence-corrected chi connectivity index (χ3v) is 5.39. The summed E-state index contributed by atoms with van der Waals surface area (Å²) in [5.41, 5.74) is 0.717. The Bertz CT molecular complexity index is 428. The fourth-order valence-electron chi connectivity index (χ4n) is 4.13. The van der Waals surface area contributed by atoms with Gasteiger partial charge in [-0.2, -0.15) is 11.3 Å². The summed E-state index contributed by atoms with van der Waals surface area (Å²) >= 11 is 1.55. The van der Waals surface area contributed by atoms with Crippen LogP contribution in [0, 0.1) is 17.8 Å². The van der Waals surface area contributed by atoms with Crippen LogP contribution in [0.3, 0.4) is 0 Å². The number of hydrogen-bond acceptors (Lipinski definition) is 4. The molecule has 3 nitrogen and oxygen atoms in total. The first-order valence-electron chi connectivity index (χ1n) is 6.75. The highest BCUT2D eigenvalue weighted by Crippen LogP contribution is 2.44. The highest BCUT2D eigenvalue weighted by molar-refractivity contribution is 7.08. The number of nitrogens with zero attached hydrogens (tertiary/aromatic N) is 1. The van der Waals surface area contributed by atoms with Crippen LogP contribution in [-0.2, 0) is 4.74 Å². The Morgan fingerprint density at radius 1 is 1.28 bits per heavy atom. The number of ether oxygens (including phenoxy) is 1. The van der Waals surface area contributed by atoms with Gasteiger partial charge in [-0.3, -0.25) is 0 Å². The summed E-state index contributed by atoms with van der Waals surface area (Å²) in [6, 6.07) is 1.85. The molecule has 4 bridgehead atoms. The van der Waals surface area contributed by atoms with Gasteiger partial charge in [0.2, 0.25) is 0 Å². The van der Waals surface area contributed by atoms with E-state index >= 15 is 0 Å². The number of carbonyl (C=O) groups excluding carboxylic acids is 1. The Balaban J connectivity index is 1.50. The van der Waals surface area contributed by atoms with Crippen LogP contribution in [0.25, 0.3) is 0 Å². The molecular formula is C14H17NO2S. The molecular weight excluding hydrogens is 246 g/mol. The largest absolute Gasteiger partial charge is 0.458 e. The maximum atomic E-state index is 12.1. The van der Waals surface area contributed by atoms with Crippen molar-refractivity contribution >= 4 is 17.3 Å². The number of hydrogen-bond donors (Lipinski definition) is 0. The number of rotatable bonds is 2. The minimum atomic E-state index is -0.122. The van der Waals surface area contributed by atoms with Gasteiger partial charge in [0.1, 0.15) is 6.10 Å². The minimum absolute atomic E-state index is 0.122. The van der Waals surface area contributed by atoms with Crippen LogP contribution in [0.2, 0.25) is 0 Å². The maximum Gasteiger partial charge on any atom is 0.339 e. The predicted octanol–water partition coefficient (Wildman–Crippen LogP) is 2.25. The molecule has 1 aliphatic carbocycles. The number of thiophene rings is 1. The molecule has 3 aliphatic heterocycles. The summed E-state index contributed by atoms with van der Waals surface area (Å²) in [6.45, 7) is 3.54. The second-order valence-corrected chi connectivity index (χ2v) is 6.74. The van der Waals surface area contributed by atoms with Gasteiger partial charge in [0.05, 0.1) is 5.56 Å². The summed E-state index contributed by atoms with van der Waals surface area (Å²) < 4.78 is 5.81. The molecule has 4 heteroatoms. The van der Waals surface area contributed by atoms with Crippen molar-refractivity contribution in [3.8, 4) is 0 Å². The van der Waals surface area contributed by atoms with Crippen LogP contribution in [0.15, 0.2) is 16.8 Å². The second-order valence-electron chi connectivity index (χ2n) is 5.96. The monoisotopic (exact) mass is 263 g/mol. The molecule has 96 valence electrons. The molecule has 0 spiro atoms. The van der Waals surface area contributed by atoms with Crippen LogP contribution in [0.5, 0.6) is 0 Å². The molecule has 18 heavy (non-hydrogen) atoms. The average molecular weight is 263 g/mol. The van der Waals surface area contributed by atoms with Gasteiger partial charge < -0.3 is 9.64 Å². The van der Waals surface area contributed by atoms with Crippen LogP contribution >= 0.6 is 11.3 Å². The Labute approximate surface area is 111 Å². The van der Waals surface area contributed by atoms with Crippen LogP contribution in [-0.4, -0.2) is 36.6 Å². The van der Waals surface area contributed by atoms with Crippen molar-refractivity contribution in [2.24, 2.45) is 17.8 Å². The number of esters is 1. The Morgan fingerprint density at radius 2 is 2.06 bits per heavy atom. The predicted molar refractivity (Wildman–Crippen MR) is 69.7 cm³/mol. The van der Waals surface area contributed by atoms with Crippen molar-refractivity contribution in [2.45, 2.75) is 18.9 Å². The number of piperidine rings is 3. The van der Waals surface area contributed by atoms with Gasteiger partial charge in [0, 0.05) is 36.9 Å². The van der Waals surface area contributed by atoms with Gasteiger partial charge in [-0.15, -0.1) is 0 Å². The lowest BCUT2D eigenvalue weighted by atomic mass is 9.66. The minimum Gasteiger partial charge on any atom is -0.458 e. The third-order valence-electron chi connectivity index (χ3n) is 4.70. The van der Waals surface area contributed by atoms with Gasteiger partial charge in [-0.25, -0.2) is 4.79 Å². The van der Waals surface area contributed by atoms with E-state index in [9.17, 15) is 4.79 Å². The molecule has 0 aromatic carbocycles. The van der Waals surface area contributed by atoms with Gasteiger partial charge >= 0.3 is 5.97 Å². The van der Waals surface area contributed by atoms with Crippen LogP contribution in [0.1, 0.15) is 23.2 Å². The molecule has 0 N–H and O–H groups in total. The van der Waals surface area contributed by atoms with Crippen molar-refractivity contribution in [1.82, 2.24) is 4.90 Å². The van der Waals surface area contributed by atoms with E-state index in [0.29, 0.717) is 17.4 Å². The average Bonchev–Trinajstić information content (AvgIpc) is 2.86. The standard InChI is InChI=1S/C14H17NO2S/c16-14(10-1-2-18-8-10)17-13-11-3-9-4-12(13)7-15(5-9)6-11/h1-2,8-9,11-13H,3-7H2. The zero-order chi connectivity index (χ0) is 12.1. The van der Waals surface area contributed by atoms with Gasteiger partial charge in [-0.1, -0.05) is 0 Å². The van der Waals surface area contributed by atoms with E-state index in [-0.39, 0.29) is 12.1 Å². The molecule has 4 heterocycles. The molecule has 1 aromatic rings. The first kappa shape index (κ1) is 11.0. The van der Waals surface area contributed by atoms with E-state index in [1.807, 2.05) is 16.8 Å². The maximum absolute atomic E-state index is 12.1. The van der Waals surface area contributed by atoms with E-state index in [4.69, 9.17) is 4.74 Å². The van der Waals surface area contributed by atoms with Crippen LogP contribution in [0.4, 0.5) is 0 Å². The topological polar surface area (TPSA) is 29.5 Å². The summed E-state index contributed by atoms with van der Waals surface area (Å²) in [5, 5.41) is 3.81. The van der Waals surface area contributed by atoms with Gasteiger partial charge in [-0.05, 0) is 30.2 Å². The Kier molecular flexibility index (Phi) is 2.49. The molecule has 5 rings (SSSR count). The van der Waals surface area contributed by atoms with E-state index < -0.39 is 0 Å². The van der Waals surface area contributed by atoms with Crippen molar-refractivity contribution in [3.05, 3.63) is 22.4 Å². The second kappa shape index (κ2) is 4.07. The normalized spacial score (nSPS) is 41.0. The van der Waals surface area contributed by atoms with Crippen molar-refractivity contribution in [2.75, 3.05) is 19.6 Å². The third kappa shape index (κ3) is 1.70. The quantitative estimate of drug-likeness (QED) is 0.766. The van der Waals surface area contributed by atoms with E-state index in [1.54, 1.807) is 11.3 Å². The van der Waals surface area contributed by atoms with E-state index in [1.165, 1.54) is 19.4 Å². The molecule has 4 fully saturated rings. The molecule has 0 amide bonds. The van der Waals surface area contributed by atoms with Crippen molar-refractivity contribution < 1.29 is 9.53 Å². The highest BCUT2D eigenvalue weighted by Gasteiger charge is 2.49. The summed E-state index contributed by atoms with van der Waals surface area (Å²) in [7, 11) is 0. The van der Waals surface area contributed by atoms with E-state index in [0.717, 1.165) is 19.0 Å². The smallest absolute Gasteiger partial charge is 0.339 e. The summed E-state index contributed by atoms with van der Waals surface area (Å²) in [4.78, 5) is 14.6. The first-order chi connectivity index (χ1) is 8.79. The van der Waals surface area contributed by atoms with Crippen LogP contribution < -0.4 is 0 Å².